The van der Waals surface area contributed by atoms with Gasteiger partial charge >= 0.3 is 0 Å². The minimum Gasteiger partial charge on any atom is -0.367 e. The Bertz CT molecular complexity index is 333. The maximum Gasteiger partial charge on any atom is 0.0445 e. The van der Waals surface area contributed by atoms with Gasteiger partial charge in [0, 0.05) is 43.3 Å². The van der Waals surface area contributed by atoms with E-state index in [1.54, 1.807) is 0 Å². The largest absolute Gasteiger partial charge is 0.367 e. The molecule has 2 rings (SSSR count). The number of hydrogen-bond donors (Lipinski definition) is 1. The van der Waals surface area contributed by atoms with Crippen LogP contribution in [0.4, 0.5) is 5.69 Å². The monoisotopic (exact) mass is 189 g/mol. The van der Waals surface area contributed by atoms with E-state index >= 15 is 0 Å². The molecule has 3 heteroatoms. The molecule has 74 valence electrons. The Kier molecular flexibility index (Phi) is 2.79. The van der Waals surface area contributed by atoms with Crippen LogP contribution < -0.4 is 10.6 Å². The molecule has 0 aliphatic carbocycles. The van der Waals surface area contributed by atoms with Gasteiger partial charge in [-0.25, -0.2) is 0 Å². The standard InChI is InChI=1S/C11H15N3/c12-8-10-9-13-5-4-11(10)14-6-2-1-3-7-14/h1-2,4-5,9H,3,6-8,12H2. The molecule has 2 N–H and O–H groups in total. The van der Waals surface area contributed by atoms with Crippen molar-refractivity contribution in [3.8, 4) is 0 Å². The maximum atomic E-state index is 5.67. The summed E-state index contributed by atoms with van der Waals surface area (Å²) in [6.07, 6.45) is 9.22. The van der Waals surface area contributed by atoms with Crippen LogP contribution in [-0.2, 0) is 6.54 Å². The third kappa shape index (κ3) is 1.77. The summed E-state index contributed by atoms with van der Waals surface area (Å²) in [7, 11) is 0. The maximum absolute atomic E-state index is 5.67. The molecule has 14 heavy (non-hydrogen) atoms. The third-order valence-corrected chi connectivity index (χ3v) is 2.50. The van der Waals surface area contributed by atoms with E-state index in [0.29, 0.717) is 6.54 Å². The van der Waals surface area contributed by atoms with Crippen molar-refractivity contribution in [1.82, 2.24) is 4.98 Å². The van der Waals surface area contributed by atoms with Gasteiger partial charge in [-0.2, -0.15) is 0 Å². The van der Waals surface area contributed by atoms with Gasteiger partial charge in [-0.05, 0) is 12.5 Å². The lowest BCUT2D eigenvalue weighted by molar-refractivity contribution is 0.810. The first-order chi connectivity index (χ1) is 6.92. The number of nitrogens with zero attached hydrogens (tertiary/aromatic N) is 2. The van der Waals surface area contributed by atoms with Crippen LogP contribution >= 0.6 is 0 Å². The number of anilines is 1. The van der Waals surface area contributed by atoms with Crippen molar-refractivity contribution in [2.24, 2.45) is 5.73 Å². The highest BCUT2D eigenvalue weighted by molar-refractivity contribution is 5.53. The molecule has 0 aromatic carbocycles. The SMILES string of the molecule is NCc1cnccc1N1CC=CCC1. The van der Waals surface area contributed by atoms with Crippen molar-refractivity contribution in [3.63, 3.8) is 0 Å². The van der Waals surface area contributed by atoms with E-state index in [-0.39, 0.29) is 0 Å². The second kappa shape index (κ2) is 4.24. The average Bonchev–Trinajstić information content (AvgIpc) is 2.30. The fourth-order valence-corrected chi connectivity index (χ4v) is 1.75. The first-order valence-corrected chi connectivity index (χ1v) is 4.94. The van der Waals surface area contributed by atoms with Gasteiger partial charge in [-0.1, -0.05) is 12.2 Å². The van der Waals surface area contributed by atoms with E-state index < -0.39 is 0 Å². The van der Waals surface area contributed by atoms with Crippen LogP contribution in [0.3, 0.4) is 0 Å². The molecule has 0 saturated carbocycles. The van der Waals surface area contributed by atoms with Crippen molar-refractivity contribution >= 4 is 5.69 Å². The van der Waals surface area contributed by atoms with Crippen molar-refractivity contribution in [2.45, 2.75) is 13.0 Å². The summed E-state index contributed by atoms with van der Waals surface area (Å²) in [6.45, 7) is 2.62. The molecule has 0 amide bonds. The lowest BCUT2D eigenvalue weighted by Crippen LogP contribution is -2.28. The average molecular weight is 189 g/mol. The zero-order valence-corrected chi connectivity index (χ0v) is 8.19. The Morgan fingerprint density at radius 1 is 1.43 bits per heavy atom. The summed E-state index contributed by atoms with van der Waals surface area (Å²) in [5.74, 6) is 0. The Morgan fingerprint density at radius 2 is 2.36 bits per heavy atom. The number of nitrogens with two attached hydrogens (primary N) is 1. The van der Waals surface area contributed by atoms with Crippen LogP contribution in [0.5, 0.6) is 0 Å². The van der Waals surface area contributed by atoms with Gasteiger partial charge in [0.05, 0.1) is 0 Å². The first kappa shape index (κ1) is 9.21. The fourth-order valence-electron chi connectivity index (χ4n) is 1.75. The molecule has 1 aliphatic rings. The van der Waals surface area contributed by atoms with Crippen LogP contribution in [0.25, 0.3) is 0 Å². The highest BCUT2D eigenvalue weighted by Gasteiger charge is 2.10. The Balaban J connectivity index is 2.25. The summed E-state index contributed by atoms with van der Waals surface area (Å²) in [6, 6.07) is 2.04. The number of pyridine rings is 1. The van der Waals surface area contributed by atoms with Crippen LogP contribution in [-0.4, -0.2) is 18.1 Å². The fraction of sp³-hybridized carbons (Fsp3) is 0.364. The normalized spacial score (nSPS) is 15.9. The zero-order chi connectivity index (χ0) is 9.80. The van der Waals surface area contributed by atoms with Crippen molar-refractivity contribution < 1.29 is 0 Å². The quantitative estimate of drug-likeness (QED) is 0.713. The minimum absolute atomic E-state index is 0.559. The zero-order valence-electron chi connectivity index (χ0n) is 8.19. The highest BCUT2D eigenvalue weighted by Crippen LogP contribution is 2.20. The van der Waals surface area contributed by atoms with Gasteiger partial charge in [-0.15, -0.1) is 0 Å². The molecule has 0 radical (unpaired) electrons. The van der Waals surface area contributed by atoms with Crippen molar-refractivity contribution in [2.75, 3.05) is 18.0 Å². The molecule has 3 nitrogen and oxygen atoms in total. The van der Waals surface area contributed by atoms with Crippen molar-refractivity contribution in [1.29, 1.82) is 0 Å². The van der Waals surface area contributed by atoms with Gasteiger partial charge in [0.25, 0.3) is 0 Å². The molecular formula is C11H15N3. The molecule has 2 heterocycles. The summed E-state index contributed by atoms with van der Waals surface area (Å²) in [5, 5.41) is 0. The van der Waals surface area contributed by atoms with Crippen LogP contribution in [0.1, 0.15) is 12.0 Å². The summed E-state index contributed by atoms with van der Waals surface area (Å²) >= 11 is 0. The first-order valence-electron chi connectivity index (χ1n) is 4.94. The number of rotatable bonds is 2. The molecule has 1 aliphatic heterocycles. The molecule has 0 atom stereocenters. The van der Waals surface area contributed by atoms with E-state index in [2.05, 4.69) is 22.0 Å². The predicted octanol–water partition coefficient (Wildman–Crippen LogP) is 1.31. The second-order valence-corrected chi connectivity index (χ2v) is 3.41. The Labute approximate surface area is 84.2 Å². The van der Waals surface area contributed by atoms with Crippen LogP contribution in [0, 0.1) is 0 Å². The van der Waals surface area contributed by atoms with Gasteiger partial charge in [0.15, 0.2) is 0 Å². The molecule has 1 aromatic rings. The lowest BCUT2D eigenvalue weighted by Gasteiger charge is -2.27. The van der Waals surface area contributed by atoms with Gasteiger partial charge in [0.1, 0.15) is 0 Å². The molecule has 1 aromatic heterocycles. The van der Waals surface area contributed by atoms with Gasteiger partial charge < -0.3 is 10.6 Å². The molecule has 0 unspecified atom stereocenters. The topological polar surface area (TPSA) is 42.1 Å². The summed E-state index contributed by atoms with van der Waals surface area (Å²) in [5.41, 5.74) is 8.03. The minimum atomic E-state index is 0.559. The highest BCUT2D eigenvalue weighted by atomic mass is 15.1. The van der Waals surface area contributed by atoms with Crippen molar-refractivity contribution in [3.05, 3.63) is 36.2 Å². The van der Waals surface area contributed by atoms with Gasteiger partial charge in [0.2, 0.25) is 0 Å². The van der Waals surface area contributed by atoms with Crippen LogP contribution in [0.2, 0.25) is 0 Å². The molecule has 0 fully saturated rings. The molecule has 0 bridgehead atoms. The van der Waals surface area contributed by atoms with E-state index in [9.17, 15) is 0 Å². The second-order valence-electron chi connectivity index (χ2n) is 3.41. The predicted molar refractivity (Wildman–Crippen MR) is 58.1 cm³/mol. The molecule has 0 spiro atoms. The summed E-state index contributed by atoms with van der Waals surface area (Å²) < 4.78 is 0. The van der Waals surface area contributed by atoms with E-state index in [0.717, 1.165) is 25.1 Å². The van der Waals surface area contributed by atoms with E-state index in [1.807, 2.05) is 18.5 Å². The van der Waals surface area contributed by atoms with Gasteiger partial charge in [-0.3, -0.25) is 4.98 Å². The Hall–Kier alpha value is -1.35. The molecular weight excluding hydrogens is 174 g/mol. The van der Waals surface area contributed by atoms with E-state index in [4.69, 9.17) is 5.73 Å². The lowest BCUT2D eigenvalue weighted by atomic mass is 10.1. The Morgan fingerprint density at radius 3 is 3.07 bits per heavy atom. The molecule has 0 saturated heterocycles. The summed E-state index contributed by atoms with van der Waals surface area (Å²) in [4.78, 5) is 6.42. The van der Waals surface area contributed by atoms with Crippen LogP contribution in [0.15, 0.2) is 30.6 Å². The smallest absolute Gasteiger partial charge is 0.0445 e. The van der Waals surface area contributed by atoms with E-state index in [1.165, 1.54) is 5.69 Å². The third-order valence-electron chi connectivity index (χ3n) is 2.50. The number of hydrogen-bond acceptors (Lipinski definition) is 3. The number of aromatic nitrogens is 1.